The molecule has 0 unspecified atom stereocenters. The van der Waals surface area contributed by atoms with E-state index >= 15 is 0 Å². The molecule has 0 aliphatic heterocycles. The van der Waals surface area contributed by atoms with Gasteiger partial charge in [-0.15, -0.1) is 0 Å². The summed E-state index contributed by atoms with van der Waals surface area (Å²) in [5.41, 5.74) is 1.31. The maximum Gasteiger partial charge on any atom is 0.238 e. The van der Waals surface area contributed by atoms with Crippen molar-refractivity contribution in [2.75, 3.05) is 13.7 Å². The molecule has 138 valence electrons. The van der Waals surface area contributed by atoms with E-state index in [1.807, 2.05) is 10.6 Å². The predicted molar refractivity (Wildman–Crippen MR) is 109 cm³/mol. The van der Waals surface area contributed by atoms with Crippen LogP contribution in [-0.2, 0) is 11.5 Å². The topological polar surface area (TPSA) is 53.3 Å². The molecule has 7 heteroatoms. The van der Waals surface area contributed by atoms with Crippen LogP contribution in [0.4, 0.5) is 0 Å². The average Bonchev–Trinajstić information content (AvgIpc) is 2.59. The van der Waals surface area contributed by atoms with Crippen molar-refractivity contribution in [1.82, 2.24) is 9.55 Å². The number of methoxy groups -OCH3 is 1. The molecule has 2 aromatic heterocycles. The molecule has 0 radical (unpaired) electrons. The smallest absolute Gasteiger partial charge is 0.238 e. The summed E-state index contributed by atoms with van der Waals surface area (Å²) in [6.07, 6.45) is 1.58. The lowest BCUT2D eigenvalue weighted by molar-refractivity contribution is 0.0923. The molecule has 0 atom stereocenters. The fourth-order valence-corrected chi connectivity index (χ4v) is 3.82. The largest absolute Gasteiger partial charge is 0.479 e. The molecule has 0 saturated carbocycles. The summed E-state index contributed by atoms with van der Waals surface area (Å²) < 4.78 is 13.3. The van der Waals surface area contributed by atoms with Gasteiger partial charge in [0.05, 0.1) is 18.0 Å². The minimum absolute atomic E-state index is 0.0865. The number of ether oxygens (including phenoxy) is 2. The first kappa shape index (κ1) is 18.9. The molecule has 3 rings (SSSR count). The molecule has 2 heterocycles. The zero-order chi connectivity index (χ0) is 18.9. The quantitative estimate of drug-likeness (QED) is 0.352. The van der Waals surface area contributed by atoms with Gasteiger partial charge in [0, 0.05) is 31.3 Å². The number of aromatic nitrogens is 2. The second-order valence-electron chi connectivity index (χ2n) is 7.48. The fraction of sp³-hybridized carbons (Fsp3) is 0.368. The van der Waals surface area contributed by atoms with Crippen molar-refractivity contribution in [2.24, 2.45) is 0 Å². The van der Waals surface area contributed by atoms with Crippen molar-refractivity contribution in [3.8, 4) is 5.88 Å². The lowest BCUT2D eigenvalue weighted by atomic mass is 10.1. The van der Waals surface area contributed by atoms with E-state index < -0.39 is 8.07 Å². The van der Waals surface area contributed by atoms with E-state index in [1.165, 1.54) is 0 Å². The zero-order valence-corrected chi connectivity index (χ0v) is 17.3. The van der Waals surface area contributed by atoms with Gasteiger partial charge in [0.2, 0.25) is 5.88 Å². The van der Waals surface area contributed by atoms with Gasteiger partial charge < -0.3 is 14.0 Å². The Balaban J connectivity index is 2.16. The Bertz CT molecular complexity index is 1010. The molecule has 0 aliphatic carbocycles. The number of hydrogen-bond acceptors (Lipinski definition) is 4. The fourth-order valence-electron chi connectivity index (χ4n) is 2.89. The minimum Gasteiger partial charge on any atom is -0.479 e. The molecule has 5 nitrogen and oxygen atoms in total. The third kappa shape index (κ3) is 3.77. The number of nitrogens with zero attached hydrogens (tertiary/aromatic N) is 2. The van der Waals surface area contributed by atoms with Gasteiger partial charge in [-0.3, -0.25) is 4.79 Å². The first-order chi connectivity index (χ1) is 12.3. The number of rotatable bonds is 6. The SMILES string of the molecule is COc1nccc2c(=O)c3cc(Cl)ccc3n(COCC[Si](C)(C)C)c12. The lowest BCUT2D eigenvalue weighted by Gasteiger charge is -2.19. The second-order valence-corrected chi connectivity index (χ2v) is 13.5. The zero-order valence-electron chi connectivity index (χ0n) is 15.5. The molecule has 0 bridgehead atoms. The second kappa shape index (κ2) is 7.38. The Morgan fingerprint density at radius 3 is 2.65 bits per heavy atom. The van der Waals surface area contributed by atoms with Crippen LogP contribution in [0.5, 0.6) is 5.88 Å². The van der Waals surface area contributed by atoms with Crippen molar-refractivity contribution >= 4 is 41.5 Å². The summed E-state index contributed by atoms with van der Waals surface area (Å²) in [6.45, 7) is 7.95. The summed E-state index contributed by atoms with van der Waals surface area (Å²) >= 11 is 6.12. The van der Waals surface area contributed by atoms with Gasteiger partial charge in [0.25, 0.3) is 0 Å². The molecule has 3 aromatic rings. The normalized spacial score (nSPS) is 12.0. The monoisotopic (exact) mass is 390 g/mol. The maximum absolute atomic E-state index is 12.9. The molecular formula is C19H23ClN2O3Si. The van der Waals surface area contributed by atoms with Crippen LogP contribution in [-0.4, -0.2) is 31.3 Å². The van der Waals surface area contributed by atoms with Crippen LogP contribution in [0.1, 0.15) is 0 Å². The summed E-state index contributed by atoms with van der Waals surface area (Å²) in [7, 11) is 0.375. The molecule has 1 aromatic carbocycles. The van der Waals surface area contributed by atoms with E-state index in [0.717, 1.165) is 11.6 Å². The van der Waals surface area contributed by atoms with Gasteiger partial charge in [0.15, 0.2) is 5.43 Å². The van der Waals surface area contributed by atoms with E-state index in [4.69, 9.17) is 21.1 Å². The lowest BCUT2D eigenvalue weighted by Crippen LogP contribution is -2.22. The summed E-state index contributed by atoms with van der Waals surface area (Å²) in [5.74, 6) is 0.408. The van der Waals surface area contributed by atoms with Gasteiger partial charge in [-0.05, 0) is 30.3 Å². The van der Waals surface area contributed by atoms with E-state index in [9.17, 15) is 4.79 Å². The van der Waals surface area contributed by atoms with Gasteiger partial charge in [-0.2, -0.15) is 0 Å². The Morgan fingerprint density at radius 2 is 1.96 bits per heavy atom. The van der Waals surface area contributed by atoms with Crippen molar-refractivity contribution < 1.29 is 9.47 Å². The number of halogens is 1. The van der Waals surface area contributed by atoms with Crippen LogP contribution in [0.2, 0.25) is 30.7 Å². The number of benzene rings is 1. The summed E-state index contributed by atoms with van der Waals surface area (Å²) in [6, 6.07) is 8.09. The van der Waals surface area contributed by atoms with E-state index in [1.54, 1.807) is 31.5 Å². The van der Waals surface area contributed by atoms with E-state index in [2.05, 4.69) is 24.6 Å². The van der Waals surface area contributed by atoms with Gasteiger partial charge in [-0.25, -0.2) is 4.98 Å². The van der Waals surface area contributed by atoms with Crippen LogP contribution >= 0.6 is 11.6 Å². The number of pyridine rings is 2. The van der Waals surface area contributed by atoms with Crippen molar-refractivity contribution in [1.29, 1.82) is 0 Å². The average molecular weight is 391 g/mol. The van der Waals surface area contributed by atoms with E-state index in [-0.39, 0.29) is 5.43 Å². The Morgan fingerprint density at radius 1 is 1.19 bits per heavy atom. The molecule has 26 heavy (non-hydrogen) atoms. The van der Waals surface area contributed by atoms with Gasteiger partial charge in [-0.1, -0.05) is 31.2 Å². The highest BCUT2D eigenvalue weighted by molar-refractivity contribution is 6.76. The van der Waals surface area contributed by atoms with Gasteiger partial charge in [0.1, 0.15) is 12.2 Å². The molecule has 0 N–H and O–H groups in total. The van der Waals surface area contributed by atoms with Crippen LogP contribution in [0.15, 0.2) is 35.3 Å². The molecule has 0 spiro atoms. The molecule has 0 aliphatic rings. The van der Waals surface area contributed by atoms with E-state index in [0.29, 0.717) is 40.5 Å². The van der Waals surface area contributed by atoms with Crippen LogP contribution in [0.25, 0.3) is 21.8 Å². The van der Waals surface area contributed by atoms with Crippen molar-refractivity contribution in [3.63, 3.8) is 0 Å². The van der Waals surface area contributed by atoms with Gasteiger partial charge >= 0.3 is 0 Å². The highest BCUT2D eigenvalue weighted by Gasteiger charge is 2.17. The van der Waals surface area contributed by atoms with Crippen molar-refractivity contribution in [3.05, 3.63) is 45.7 Å². The molecule has 0 fully saturated rings. The molecule has 0 amide bonds. The van der Waals surface area contributed by atoms with Crippen LogP contribution < -0.4 is 10.2 Å². The number of hydrogen-bond donors (Lipinski definition) is 0. The standard InChI is InChI=1S/C19H23ClN2O3Si/c1-24-19-17-14(7-8-21-19)18(23)15-11-13(20)5-6-16(15)22(17)12-25-9-10-26(2,3)4/h5-8,11H,9-10,12H2,1-4H3. The minimum atomic E-state index is -1.18. The summed E-state index contributed by atoms with van der Waals surface area (Å²) in [5, 5.41) is 1.63. The highest BCUT2D eigenvalue weighted by atomic mass is 35.5. The van der Waals surface area contributed by atoms with Crippen LogP contribution in [0.3, 0.4) is 0 Å². The predicted octanol–water partition coefficient (Wildman–Crippen LogP) is 4.52. The Hall–Kier alpha value is -1.89. The maximum atomic E-state index is 12.9. The Kier molecular flexibility index (Phi) is 5.36. The summed E-state index contributed by atoms with van der Waals surface area (Å²) in [4.78, 5) is 17.2. The molecular weight excluding hydrogens is 368 g/mol. The highest BCUT2D eigenvalue weighted by Crippen LogP contribution is 2.27. The third-order valence-electron chi connectivity index (χ3n) is 4.31. The molecule has 0 saturated heterocycles. The number of fused-ring (bicyclic) bond motifs is 2. The van der Waals surface area contributed by atoms with Crippen molar-refractivity contribution in [2.45, 2.75) is 32.4 Å². The first-order valence-corrected chi connectivity index (χ1v) is 12.6. The first-order valence-electron chi connectivity index (χ1n) is 8.54. The third-order valence-corrected chi connectivity index (χ3v) is 6.25. The Labute approximate surface area is 158 Å². The van der Waals surface area contributed by atoms with Crippen LogP contribution in [0, 0.1) is 0 Å².